The van der Waals surface area contributed by atoms with Crippen LogP contribution in [0.2, 0.25) is 0 Å². The fraction of sp³-hybridized carbons (Fsp3) is 0.333. The molecule has 7 nitrogen and oxygen atoms in total. The summed E-state index contributed by atoms with van der Waals surface area (Å²) in [5.74, 6) is -1.64. The molecule has 1 aliphatic carbocycles. The quantitative estimate of drug-likeness (QED) is 0.812. The van der Waals surface area contributed by atoms with Gasteiger partial charge in [0, 0.05) is 11.5 Å². The minimum Gasteiger partial charge on any atom is -0.493 e. The Labute approximate surface area is 126 Å². The molecular weight excluding hydrogens is 286 g/mol. The molecule has 3 rings (SSSR count). The van der Waals surface area contributed by atoms with Gasteiger partial charge < -0.3 is 9.47 Å². The molecule has 2 aliphatic rings. The first-order valence-electron chi connectivity index (χ1n) is 6.44. The van der Waals surface area contributed by atoms with Crippen molar-refractivity contribution >= 4 is 11.8 Å². The number of carbonyl (C=O) groups excluding carboxylic acids is 2. The Kier molecular flexibility index (Phi) is 2.66. The maximum atomic E-state index is 12.1. The number of hydrogen-bond donors (Lipinski definition) is 1. The first-order chi connectivity index (χ1) is 10.5. The predicted molar refractivity (Wildman–Crippen MR) is 71.5 cm³/mol. The molecule has 1 aliphatic heterocycles. The third-order valence-electron chi connectivity index (χ3n) is 4.45. The van der Waals surface area contributed by atoms with Gasteiger partial charge in [0.05, 0.1) is 26.4 Å². The van der Waals surface area contributed by atoms with E-state index in [2.05, 4.69) is 5.32 Å². The second-order valence-electron chi connectivity index (χ2n) is 5.14. The number of benzene rings is 1. The largest absolute Gasteiger partial charge is 0.493 e. The van der Waals surface area contributed by atoms with E-state index in [1.165, 1.54) is 14.2 Å². The van der Waals surface area contributed by atoms with Gasteiger partial charge in [0.15, 0.2) is 22.3 Å². The van der Waals surface area contributed by atoms with Gasteiger partial charge in [0.1, 0.15) is 0 Å². The van der Waals surface area contributed by atoms with E-state index in [-0.39, 0.29) is 0 Å². The van der Waals surface area contributed by atoms with E-state index in [1.807, 2.05) is 12.1 Å². The van der Waals surface area contributed by atoms with Crippen LogP contribution in [0.4, 0.5) is 0 Å². The molecule has 0 bridgehead atoms. The van der Waals surface area contributed by atoms with Gasteiger partial charge in [-0.25, -0.2) is 0 Å². The van der Waals surface area contributed by atoms with Gasteiger partial charge >= 0.3 is 0 Å². The molecule has 7 heteroatoms. The minimum absolute atomic E-state index is 0.314. The first kappa shape index (κ1) is 13.9. The molecule has 0 radical (unpaired) electrons. The van der Waals surface area contributed by atoms with Crippen molar-refractivity contribution in [1.29, 1.82) is 10.5 Å². The molecule has 110 valence electrons. The number of piperidine rings is 1. The van der Waals surface area contributed by atoms with Crippen molar-refractivity contribution in [2.24, 2.45) is 10.8 Å². The van der Waals surface area contributed by atoms with Crippen LogP contribution in [-0.2, 0) is 9.59 Å². The van der Waals surface area contributed by atoms with Crippen LogP contribution in [-0.4, -0.2) is 26.0 Å². The normalized spacial score (nSPS) is 31.5. The highest BCUT2D eigenvalue weighted by molar-refractivity contribution is 6.19. The molecule has 3 atom stereocenters. The Morgan fingerprint density at radius 2 is 1.68 bits per heavy atom. The SMILES string of the molecule is COc1cccc(C2[C@]3(C#N)C(=O)NC(=O)[C@]23C#N)c1OC. The smallest absolute Gasteiger partial charge is 0.250 e. The topological polar surface area (TPSA) is 112 Å². The van der Waals surface area contributed by atoms with E-state index in [1.54, 1.807) is 18.2 Å². The zero-order valence-corrected chi connectivity index (χ0v) is 11.8. The van der Waals surface area contributed by atoms with Gasteiger partial charge in [-0.05, 0) is 6.07 Å². The van der Waals surface area contributed by atoms with Crippen molar-refractivity contribution in [2.45, 2.75) is 5.92 Å². The number of imide groups is 1. The van der Waals surface area contributed by atoms with Crippen molar-refractivity contribution in [3.8, 4) is 23.6 Å². The van der Waals surface area contributed by atoms with E-state index >= 15 is 0 Å². The second kappa shape index (κ2) is 4.22. The maximum absolute atomic E-state index is 12.1. The highest BCUT2D eigenvalue weighted by Gasteiger charge is 2.91. The number of fused-ring (bicyclic) bond motifs is 1. The molecule has 1 saturated heterocycles. The number of hydrogen-bond acceptors (Lipinski definition) is 6. The van der Waals surface area contributed by atoms with E-state index < -0.39 is 28.6 Å². The Morgan fingerprint density at radius 1 is 1.09 bits per heavy atom. The summed E-state index contributed by atoms with van der Waals surface area (Å²) >= 11 is 0. The Hall–Kier alpha value is -3.06. The molecule has 1 heterocycles. The monoisotopic (exact) mass is 297 g/mol. The van der Waals surface area contributed by atoms with Crippen LogP contribution in [0.5, 0.6) is 11.5 Å². The zero-order chi connectivity index (χ0) is 16.1. The number of methoxy groups -OCH3 is 2. The lowest BCUT2D eigenvalue weighted by Crippen LogP contribution is -2.31. The first-order valence-corrected chi connectivity index (χ1v) is 6.44. The lowest BCUT2D eigenvalue weighted by molar-refractivity contribution is -0.128. The van der Waals surface area contributed by atoms with Gasteiger partial charge in [-0.2, -0.15) is 10.5 Å². The van der Waals surface area contributed by atoms with E-state index in [0.717, 1.165) is 0 Å². The zero-order valence-electron chi connectivity index (χ0n) is 11.8. The number of rotatable bonds is 3. The molecular formula is C15H11N3O4. The molecule has 1 N–H and O–H groups in total. The lowest BCUT2D eigenvalue weighted by Gasteiger charge is -2.14. The van der Waals surface area contributed by atoms with Crippen LogP contribution in [0.15, 0.2) is 18.2 Å². The molecule has 1 unspecified atom stereocenters. The van der Waals surface area contributed by atoms with Gasteiger partial charge in [-0.1, -0.05) is 12.1 Å². The lowest BCUT2D eigenvalue weighted by atomic mass is 9.98. The molecule has 1 saturated carbocycles. The summed E-state index contributed by atoms with van der Waals surface area (Å²) in [7, 11) is 2.87. The summed E-state index contributed by atoms with van der Waals surface area (Å²) in [6.07, 6.45) is 0. The number of nitrogens with one attached hydrogen (secondary N) is 1. The van der Waals surface area contributed by atoms with Crippen molar-refractivity contribution in [1.82, 2.24) is 5.32 Å². The molecule has 2 amide bonds. The van der Waals surface area contributed by atoms with Crippen molar-refractivity contribution in [3.63, 3.8) is 0 Å². The van der Waals surface area contributed by atoms with Crippen LogP contribution in [0.25, 0.3) is 0 Å². The van der Waals surface area contributed by atoms with Gasteiger partial charge in [0.2, 0.25) is 11.8 Å². The fourth-order valence-electron chi connectivity index (χ4n) is 3.41. The van der Waals surface area contributed by atoms with E-state index in [9.17, 15) is 20.1 Å². The van der Waals surface area contributed by atoms with Crippen LogP contribution < -0.4 is 14.8 Å². The summed E-state index contributed by atoms with van der Waals surface area (Å²) in [5.41, 5.74) is -2.98. The predicted octanol–water partition coefficient (Wildman–Crippen LogP) is 0.477. The summed E-state index contributed by atoms with van der Waals surface area (Å²) in [5, 5.41) is 21.0. The van der Waals surface area contributed by atoms with E-state index in [0.29, 0.717) is 17.1 Å². The van der Waals surface area contributed by atoms with Crippen LogP contribution in [0.3, 0.4) is 0 Å². The Morgan fingerprint density at radius 3 is 2.14 bits per heavy atom. The van der Waals surface area contributed by atoms with Gasteiger partial charge in [0.25, 0.3) is 0 Å². The average molecular weight is 297 g/mol. The minimum atomic E-state index is -1.71. The third-order valence-corrected chi connectivity index (χ3v) is 4.45. The van der Waals surface area contributed by atoms with Crippen molar-refractivity contribution < 1.29 is 19.1 Å². The third kappa shape index (κ3) is 1.20. The second-order valence-corrected chi connectivity index (χ2v) is 5.14. The van der Waals surface area contributed by atoms with E-state index in [4.69, 9.17) is 9.47 Å². The number of nitrogens with zero attached hydrogens (tertiary/aromatic N) is 2. The molecule has 1 aromatic rings. The summed E-state index contributed by atoms with van der Waals surface area (Å²) in [6.45, 7) is 0. The maximum Gasteiger partial charge on any atom is 0.250 e. The molecule has 1 aromatic carbocycles. The summed E-state index contributed by atoms with van der Waals surface area (Å²) in [4.78, 5) is 24.2. The summed E-state index contributed by atoms with van der Waals surface area (Å²) < 4.78 is 10.5. The Bertz CT molecular complexity index is 753. The van der Waals surface area contributed by atoms with Crippen molar-refractivity contribution in [3.05, 3.63) is 23.8 Å². The Balaban J connectivity index is 2.24. The molecule has 22 heavy (non-hydrogen) atoms. The number of ether oxygens (including phenoxy) is 2. The molecule has 0 aromatic heterocycles. The fourth-order valence-corrected chi connectivity index (χ4v) is 3.41. The number of nitriles is 2. The van der Waals surface area contributed by atoms with Crippen LogP contribution in [0.1, 0.15) is 11.5 Å². The van der Waals surface area contributed by atoms with Gasteiger partial charge in [-0.15, -0.1) is 0 Å². The van der Waals surface area contributed by atoms with Gasteiger partial charge in [-0.3, -0.25) is 14.9 Å². The summed E-state index contributed by atoms with van der Waals surface area (Å²) in [6, 6.07) is 8.68. The van der Waals surface area contributed by atoms with Crippen molar-refractivity contribution in [2.75, 3.05) is 14.2 Å². The molecule has 0 spiro atoms. The average Bonchev–Trinajstić information content (AvgIpc) is 3.11. The highest BCUT2D eigenvalue weighted by atomic mass is 16.5. The number of carbonyl (C=O) groups is 2. The molecule has 2 fully saturated rings. The standard InChI is InChI=1S/C15H11N3O4/c1-21-9-5-3-4-8(10(9)22-2)11-14(6-16)12(19)18-13(20)15(11,14)7-17/h3-5,11H,1-2H3,(H,18,19,20)/t11?,14-,15+. The number of amides is 2. The van der Waals surface area contributed by atoms with Crippen LogP contribution in [0, 0.1) is 33.5 Å². The highest BCUT2D eigenvalue weighted by Crippen LogP contribution is 2.77. The van der Waals surface area contributed by atoms with Crippen LogP contribution >= 0.6 is 0 Å². The number of para-hydroxylation sites is 1.